The lowest BCUT2D eigenvalue weighted by Crippen LogP contribution is -2.36. The molecular formula is C9H19N3. The summed E-state index contributed by atoms with van der Waals surface area (Å²) in [7, 11) is 1.70. The van der Waals surface area contributed by atoms with Gasteiger partial charge >= 0.3 is 0 Å². The molecule has 1 fully saturated rings. The van der Waals surface area contributed by atoms with Gasteiger partial charge in [0, 0.05) is 13.1 Å². The van der Waals surface area contributed by atoms with Crippen LogP contribution in [0.3, 0.4) is 0 Å². The van der Waals surface area contributed by atoms with E-state index in [0.717, 1.165) is 0 Å². The van der Waals surface area contributed by atoms with Crippen molar-refractivity contribution in [3.63, 3.8) is 0 Å². The molecule has 0 radical (unpaired) electrons. The number of hydrogen-bond acceptors (Lipinski definition) is 1. The molecule has 0 aromatic rings. The molecule has 0 spiro atoms. The largest absolute Gasteiger partial charge is 0.370 e. The summed E-state index contributed by atoms with van der Waals surface area (Å²) >= 11 is 0. The lowest BCUT2D eigenvalue weighted by atomic mass is 10.0. The molecule has 1 saturated carbocycles. The van der Waals surface area contributed by atoms with E-state index in [4.69, 9.17) is 5.73 Å². The summed E-state index contributed by atoms with van der Waals surface area (Å²) in [4.78, 5) is 3.88. The first-order valence-electron chi connectivity index (χ1n) is 4.33. The second kappa shape index (κ2) is 2.38. The highest BCUT2D eigenvalue weighted by Gasteiger charge is 2.65. The Labute approximate surface area is 74.4 Å². The van der Waals surface area contributed by atoms with E-state index in [2.05, 4.69) is 38.0 Å². The Balaban J connectivity index is 2.60. The lowest BCUT2D eigenvalue weighted by molar-refractivity contribution is 0.457. The number of nitrogens with zero attached hydrogens (tertiary/aromatic N) is 1. The first kappa shape index (κ1) is 9.36. The third-order valence-electron chi connectivity index (χ3n) is 3.55. The average molecular weight is 169 g/mol. The summed E-state index contributed by atoms with van der Waals surface area (Å²) in [5.74, 6) is 0.540. The summed E-state index contributed by atoms with van der Waals surface area (Å²) in [6.07, 6.45) is 0. The van der Waals surface area contributed by atoms with Crippen molar-refractivity contribution in [2.75, 3.05) is 7.05 Å². The maximum atomic E-state index is 5.60. The minimum Gasteiger partial charge on any atom is -0.370 e. The van der Waals surface area contributed by atoms with E-state index in [1.165, 1.54) is 0 Å². The summed E-state index contributed by atoms with van der Waals surface area (Å²) < 4.78 is 0. The Morgan fingerprint density at radius 1 is 1.25 bits per heavy atom. The van der Waals surface area contributed by atoms with Crippen molar-refractivity contribution >= 4 is 5.96 Å². The summed E-state index contributed by atoms with van der Waals surface area (Å²) in [6.45, 7) is 8.97. The van der Waals surface area contributed by atoms with E-state index < -0.39 is 0 Å². The van der Waals surface area contributed by atoms with Gasteiger partial charge in [-0.1, -0.05) is 27.7 Å². The minimum absolute atomic E-state index is 0.322. The van der Waals surface area contributed by atoms with Gasteiger partial charge in [-0.2, -0.15) is 0 Å². The van der Waals surface area contributed by atoms with Crippen molar-refractivity contribution < 1.29 is 0 Å². The fourth-order valence-corrected chi connectivity index (χ4v) is 1.77. The van der Waals surface area contributed by atoms with Crippen LogP contribution in [0, 0.1) is 10.8 Å². The van der Waals surface area contributed by atoms with Crippen LogP contribution in [-0.4, -0.2) is 19.0 Å². The van der Waals surface area contributed by atoms with Crippen LogP contribution in [0.1, 0.15) is 27.7 Å². The molecule has 0 atom stereocenters. The monoisotopic (exact) mass is 169 g/mol. The number of guanidine groups is 1. The maximum Gasteiger partial charge on any atom is 0.188 e. The smallest absolute Gasteiger partial charge is 0.188 e. The SMILES string of the molecule is CN=C(N)NC1C(C)(C)C1(C)C. The standard InChI is InChI=1S/C9H19N3/c1-8(2)6(9(8,3)4)12-7(10)11-5/h6H,1-5H3,(H3,10,11,12). The molecule has 1 rings (SSSR count). The Kier molecular flexibility index (Phi) is 1.85. The van der Waals surface area contributed by atoms with Gasteiger partial charge in [-0.25, -0.2) is 0 Å². The van der Waals surface area contributed by atoms with Crippen molar-refractivity contribution in [2.45, 2.75) is 33.7 Å². The Hall–Kier alpha value is -0.730. The van der Waals surface area contributed by atoms with Crippen molar-refractivity contribution in [3.8, 4) is 0 Å². The van der Waals surface area contributed by atoms with Gasteiger partial charge in [-0.05, 0) is 10.8 Å². The van der Waals surface area contributed by atoms with Crippen LogP contribution in [0.4, 0.5) is 0 Å². The van der Waals surface area contributed by atoms with Crippen LogP contribution in [0.5, 0.6) is 0 Å². The average Bonchev–Trinajstić information content (AvgIpc) is 2.32. The first-order chi connectivity index (χ1) is 5.34. The van der Waals surface area contributed by atoms with E-state index in [-0.39, 0.29) is 0 Å². The fraction of sp³-hybridized carbons (Fsp3) is 0.889. The summed E-state index contributed by atoms with van der Waals surface area (Å²) in [5, 5.41) is 3.21. The third-order valence-corrected chi connectivity index (χ3v) is 3.55. The highest BCUT2D eigenvalue weighted by Crippen LogP contribution is 2.62. The van der Waals surface area contributed by atoms with Crippen LogP contribution in [0.2, 0.25) is 0 Å². The fourth-order valence-electron chi connectivity index (χ4n) is 1.77. The zero-order chi connectivity index (χ0) is 9.57. The predicted octanol–water partition coefficient (Wildman–Crippen LogP) is 0.955. The highest BCUT2D eigenvalue weighted by atomic mass is 15.2. The molecule has 0 aromatic heterocycles. The molecule has 1 aliphatic rings. The van der Waals surface area contributed by atoms with Gasteiger partial charge in [-0.15, -0.1) is 0 Å². The van der Waals surface area contributed by atoms with Crippen molar-refractivity contribution in [3.05, 3.63) is 0 Å². The van der Waals surface area contributed by atoms with Crippen LogP contribution in [0.15, 0.2) is 4.99 Å². The molecule has 0 amide bonds. The molecular weight excluding hydrogens is 150 g/mol. The van der Waals surface area contributed by atoms with Gasteiger partial charge in [0.05, 0.1) is 0 Å². The number of aliphatic imine (C=N–C) groups is 1. The summed E-state index contributed by atoms with van der Waals surface area (Å²) in [5.41, 5.74) is 6.24. The maximum absolute atomic E-state index is 5.60. The lowest BCUT2D eigenvalue weighted by Gasteiger charge is -2.05. The van der Waals surface area contributed by atoms with Crippen LogP contribution >= 0.6 is 0 Å². The normalized spacial score (nSPS) is 26.9. The van der Waals surface area contributed by atoms with Crippen LogP contribution in [-0.2, 0) is 0 Å². The number of nitrogens with two attached hydrogens (primary N) is 1. The first-order valence-corrected chi connectivity index (χ1v) is 4.33. The molecule has 0 aliphatic heterocycles. The zero-order valence-corrected chi connectivity index (χ0v) is 8.60. The van der Waals surface area contributed by atoms with Gasteiger partial charge in [0.25, 0.3) is 0 Å². The molecule has 3 N–H and O–H groups in total. The topological polar surface area (TPSA) is 50.4 Å². The van der Waals surface area contributed by atoms with Gasteiger partial charge < -0.3 is 11.1 Å². The number of hydrogen-bond donors (Lipinski definition) is 2. The molecule has 0 heterocycles. The molecule has 70 valence electrons. The number of rotatable bonds is 1. The van der Waals surface area contributed by atoms with Crippen molar-refractivity contribution in [2.24, 2.45) is 21.6 Å². The quantitative estimate of drug-likeness (QED) is 0.453. The molecule has 0 bridgehead atoms. The van der Waals surface area contributed by atoms with E-state index in [0.29, 0.717) is 22.8 Å². The van der Waals surface area contributed by atoms with E-state index in [1.54, 1.807) is 7.05 Å². The molecule has 0 saturated heterocycles. The molecule has 3 heteroatoms. The second-order valence-electron chi connectivity index (χ2n) is 4.63. The van der Waals surface area contributed by atoms with Gasteiger partial charge in [-0.3, -0.25) is 4.99 Å². The Morgan fingerprint density at radius 3 is 1.92 bits per heavy atom. The van der Waals surface area contributed by atoms with E-state index >= 15 is 0 Å². The zero-order valence-electron chi connectivity index (χ0n) is 8.60. The molecule has 3 nitrogen and oxygen atoms in total. The second-order valence-corrected chi connectivity index (χ2v) is 4.63. The highest BCUT2D eigenvalue weighted by molar-refractivity contribution is 5.78. The predicted molar refractivity (Wildman–Crippen MR) is 52.0 cm³/mol. The number of nitrogens with one attached hydrogen (secondary N) is 1. The Bertz CT molecular complexity index is 202. The third kappa shape index (κ3) is 1.08. The van der Waals surface area contributed by atoms with Crippen LogP contribution < -0.4 is 11.1 Å². The molecule has 1 aliphatic carbocycles. The Morgan fingerprint density at radius 2 is 1.67 bits per heavy atom. The van der Waals surface area contributed by atoms with Gasteiger partial charge in [0.15, 0.2) is 5.96 Å². The van der Waals surface area contributed by atoms with Gasteiger partial charge in [0.1, 0.15) is 0 Å². The summed E-state index contributed by atoms with van der Waals surface area (Å²) in [6, 6.07) is 0.452. The van der Waals surface area contributed by atoms with E-state index in [1.807, 2.05) is 0 Å². The minimum atomic E-state index is 0.322. The molecule has 0 unspecified atom stereocenters. The van der Waals surface area contributed by atoms with Crippen LogP contribution in [0.25, 0.3) is 0 Å². The molecule has 0 aromatic carbocycles. The molecule has 12 heavy (non-hydrogen) atoms. The van der Waals surface area contributed by atoms with Crippen molar-refractivity contribution in [1.82, 2.24) is 5.32 Å². The van der Waals surface area contributed by atoms with Gasteiger partial charge in [0.2, 0.25) is 0 Å². The van der Waals surface area contributed by atoms with E-state index in [9.17, 15) is 0 Å². The van der Waals surface area contributed by atoms with Crippen molar-refractivity contribution in [1.29, 1.82) is 0 Å².